The number of aliphatic imine (C=N–C) groups is 1. The third-order valence-electron chi connectivity index (χ3n) is 4.25. The number of guanidine groups is 1. The highest BCUT2D eigenvalue weighted by Gasteiger charge is 2.16. The zero-order valence-electron chi connectivity index (χ0n) is 16.7. The van der Waals surface area contributed by atoms with Crippen LogP contribution >= 0.6 is 24.0 Å². The van der Waals surface area contributed by atoms with Gasteiger partial charge in [-0.15, -0.1) is 24.0 Å². The van der Waals surface area contributed by atoms with Gasteiger partial charge < -0.3 is 20.1 Å². The summed E-state index contributed by atoms with van der Waals surface area (Å²) >= 11 is 0. The number of ether oxygens (including phenoxy) is 2. The second kappa shape index (κ2) is 14.0. The molecule has 0 aliphatic carbocycles. The van der Waals surface area contributed by atoms with Gasteiger partial charge in [-0.3, -0.25) is 4.90 Å². The molecule has 0 aromatic carbocycles. The highest BCUT2D eigenvalue weighted by Crippen LogP contribution is 2.09. The lowest BCUT2D eigenvalue weighted by molar-refractivity contribution is 0.0211. The molecule has 154 valence electrons. The Hall–Kier alpha value is -1.13. The van der Waals surface area contributed by atoms with E-state index in [4.69, 9.17) is 9.47 Å². The molecule has 1 aliphatic rings. The van der Waals surface area contributed by atoms with Crippen molar-refractivity contribution in [3.8, 4) is 5.88 Å². The number of pyridine rings is 1. The molecule has 0 bridgehead atoms. The molecule has 1 atom stereocenters. The largest absolute Gasteiger partial charge is 0.478 e. The minimum absolute atomic E-state index is 0. The Bertz CT molecular complexity index is 535. The van der Waals surface area contributed by atoms with Crippen molar-refractivity contribution in [3.63, 3.8) is 0 Å². The summed E-state index contributed by atoms with van der Waals surface area (Å²) in [4.78, 5) is 11.4. The van der Waals surface area contributed by atoms with Crippen molar-refractivity contribution in [3.05, 3.63) is 23.9 Å². The number of hydrogen-bond acceptors (Lipinski definition) is 5. The molecule has 0 radical (unpaired) electrons. The smallest absolute Gasteiger partial charge is 0.213 e. The lowest BCUT2D eigenvalue weighted by Gasteiger charge is -2.32. The van der Waals surface area contributed by atoms with Crippen molar-refractivity contribution >= 4 is 29.9 Å². The van der Waals surface area contributed by atoms with Gasteiger partial charge in [-0.2, -0.15) is 0 Å². The van der Waals surface area contributed by atoms with E-state index in [9.17, 15) is 0 Å². The lowest BCUT2D eigenvalue weighted by atomic mass is 10.2. The fourth-order valence-corrected chi connectivity index (χ4v) is 2.70. The quantitative estimate of drug-likeness (QED) is 0.314. The summed E-state index contributed by atoms with van der Waals surface area (Å²) in [5.74, 6) is 1.50. The fraction of sp³-hybridized carbons (Fsp3) is 0.684. The van der Waals surface area contributed by atoms with Crippen molar-refractivity contribution in [1.82, 2.24) is 20.5 Å². The standard InChI is InChI=1S/C19H33N5O2.HI/c1-4-10-26-18-7-6-17(14-21-18)15-23-19(20-5-2)22-13-16(3)24-8-11-25-12-9-24;/h6-7,14,16H,4-5,8-13,15H2,1-3H3,(H2,20,22,23);1H. The number of nitrogens with zero attached hydrogens (tertiary/aromatic N) is 3. The van der Waals surface area contributed by atoms with Crippen LogP contribution < -0.4 is 15.4 Å². The summed E-state index contributed by atoms with van der Waals surface area (Å²) < 4.78 is 10.9. The SMILES string of the molecule is CCCOc1ccc(CN=C(NCC)NCC(C)N2CCOCC2)cn1.I. The van der Waals surface area contributed by atoms with Crippen LogP contribution in [0.2, 0.25) is 0 Å². The predicted molar refractivity (Wildman–Crippen MR) is 120 cm³/mol. The van der Waals surface area contributed by atoms with E-state index in [2.05, 4.69) is 46.3 Å². The van der Waals surface area contributed by atoms with Crippen LogP contribution in [-0.4, -0.2) is 67.9 Å². The van der Waals surface area contributed by atoms with Crippen molar-refractivity contribution in [2.45, 2.75) is 39.8 Å². The number of morpholine rings is 1. The molecule has 1 unspecified atom stereocenters. The lowest BCUT2D eigenvalue weighted by Crippen LogP contribution is -2.49. The molecule has 2 N–H and O–H groups in total. The van der Waals surface area contributed by atoms with Gasteiger partial charge in [-0.1, -0.05) is 13.0 Å². The number of hydrogen-bond donors (Lipinski definition) is 2. The van der Waals surface area contributed by atoms with E-state index in [-0.39, 0.29) is 24.0 Å². The van der Waals surface area contributed by atoms with Crippen LogP contribution in [0.15, 0.2) is 23.3 Å². The molecule has 1 aromatic heterocycles. The van der Waals surface area contributed by atoms with E-state index in [1.807, 2.05) is 18.3 Å². The van der Waals surface area contributed by atoms with Crippen LogP contribution in [-0.2, 0) is 11.3 Å². The van der Waals surface area contributed by atoms with Crippen molar-refractivity contribution in [1.29, 1.82) is 0 Å². The van der Waals surface area contributed by atoms with E-state index in [0.717, 1.165) is 57.3 Å². The molecule has 7 nitrogen and oxygen atoms in total. The van der Waals surface area contributed by atoms with Crippen LogP contribution in [0.1, 0.15) is 32.8 Å². The fourth-order valence-electron chi connectivity index (χ4n) is 2.70. The van der Waals surface area contributed by atoms with E-state index in [1.54, 1.807) is 0 Å². The first-order valence-corrected chi connectivity index (χ1v) is 9.64. The summed E-state index contributed by atoms with van der Waals surface area (Å²) in [6.07, 6.45) is 2.81. The third kappa shape index (κ3) is 9.07. The average molecular weight is 491 g/mol. The zero-order valence-corrected chi connectivity index (χ0v) is 19.1. The van der Waals surface area contributed by atoms with Crippen LogP contribution in [0, 0.1) is 0 Å². The molecule has 27 heavy (non-hydrogen) atoms. The third-order valence-corrected chi connectivity index (χ3v) is 4.25. The summed E-state index contributed by atoms with van der Waals surface area (Å²) in [5, 5.41) is 6.74. The van der Waals surface area contributed by atoms with E-state index in [0.29, 0.717) is 25.1 Å². The van der Waals surface area contributed by atoms with Gasteiger partial charge in [-0.05, 0) is 25.8 Å². The van der Waals surface area contributed by atoms with E-state index < -0.39 is 0 Å². The van der Waals surface area contributed by atoms with Gasteiger partial charge in [0.15, 0.2) is 5.96 Å². The molecule has 0 spiro atoms. The zero-order chi connectivity index (χ0) is 18.6. The number of rotatable bonds is 9. The first-order chi connectivity index (χ1) is 12.7. The average Bonchev–Trinajstić information content (AvgIpc) is 2.69. The number of aromatic nitrogens is 1. The summed E-state index contributed by atoms with van der Waals surface area (Å²) in [6, 6.07) is 4.36. The number of nitrogens with one attached hydrogen (secondary N) is 2. The Morgan fingerprint density at radius 3 is 2.70 bits per heavy atom. The Morgan fingerprint density at radius 2 is 2.07 bits per heavy atom. The first kappa shape index (κ1) is 23.9. The molecule has 0 saturated carbocycles. The highest BCUT2D eigenvalue weighted by atomic mass is 127. The topological polar surface area (TPSA) is 71.0 Å². The molecule has 1 aliphatic heterocycles. The van der Waals surface area contributed by atoms with Crippen LogP contribution in [0.3, 0.4) is 0 Å². The van der Waals surface area contributed by atoms with E-state index >= 15 is 0 Å². The normalized spacial score (nSPS) is 16.3. The Balaban J connectivity index is 0.00000364. The Kier molecular flexibility index (Phi) is 12.4. The summed E-state index contributed by atoms with van der Waals surface area (Å²) in [7, 11) is 0. The first-order valence-electron chi connectivity index (χ1n) is 9.64. The minimum Gasteiger partial charge on any atom is -0.478 e. The van der Waals surface area contributed by atoms with Crippen molar-refractivity contribution < 1.29 is 9.47 Å². The van der Waals surface area contributed by atoms with E-state index in [1.165, 1.54) is 0 Å². The molecule has 1 aromatic rings. The van der Waals surface area contributed by atoms with Crippen molar-refractivity contribution in [2.75, 3.05) is 46.0 Å². The number of halogens is 1. The molecular formula is C19H34IN5O2. The maximum Gasteiger partial charge on any atom is 0.213 e. The van der Waals surface area contributed by atoms with Crippen LogP contribution in [0.25, 0.3) is 0 Å². The molecule has 8 heteroatoms. The van der Waals surface area contributed by atoms with Gasteiger partial charge in [0.25, 0.3) is 0 Å². The maximum atomic E-state index is 5.51. The molecule has 2 rings (SSSR count). The van der Waals surface area contributed by atoms with Gasteiger partial charge in [0.1, 0.15) is 0 Å². The molecular weight excluding hydrogens is 457 g/mol. The maximum absolute atomic E-state index is 5.51. The van der Waals surface area contributed by atoms with Gasteiger partial charge in [0, 0.05) is 44.5 Å². The van der Waals surface area contributed by atoms with Gasteiger partial charge in [-0.25, -0.2) is 9.98 Å². The molecule has 1 fully saturated rings. The monoisotopic (exact) mass is 491 g/mol. The predicted octanol–water partition coefficient (Wildman–Crippen LogP) is 2.26. The summed E-state index contributed by atoms with van der Waals surface area (Å²) in [6.45, 7) is 13.0. The highest BCUT2D eigenvalue weighted by molar-refractivity contribution is 14.0. The minimum atomic E-state index is 0. The second-order valence-electron chi connectivity index (χ2n) is 6.43. The van der Waals surface area contributed by atoms with Gasteiger partial charge in [0.2, 0.25) is 5.88 Å². The Labute approximate surface area is 180 Å². The van der Waals surface area contributed by atoms with Crippen molar-refractivity contribution in [2.24, 2.45) is 4.99 Å². The van der Waals surface area contributed by atoms with Gasteiger partial charge >= 0.3 is 0 Å². The van der Waals surface area contributed by atoms with Gasteiger partial charge in [0.05, 0.1) is 26.4 Å². The molecule has 1 saturated heterocycles. The Morgan fingerprint density at radius 1 is 1.30 bits per heavy atom. The molecule has 2 heterocycles. The van der Waals surface area contributed by atoms with Crippen LogP contribution in [0.4, 0.5) is 0 Å². The second-order valence-corrected chi connectivity index (χ2v) is 6.43. The summed E-state index contributed by atoms with van der Waals surface area (Å²) in [5.41, 5.74) is 1.06. The molecule has 0 amide bonds. The van der Waals surface area contributed by atoms with Crippen LogP contribution in [0.5, 0.6) is 5.88 Å².